The summed E-state index contributed by atoms with van der Waals surface area (Å²) >= 11 is 10.7. The Morgan fingerprint density at radius 2 is 1.07 bits per heavy atom. The third-order valence-electron chi connectivity index (χ3n) is 19.6. The van der Waals surface area contributed by atoms with Crippen molar-refractivity contribution in [3.8, 4) is 0 Å². The summed E-state index contributed by atoms with van der Waals surface area (Å²) in [6.45, 7) is 14.8. The first-order valence-electron chi connectivity index (χ1n) is 37.6. The number of halogens is 2. The van der Waals surface area contributed by atoms with Gasteiger partial charge in [0.2, 0.25) is 47.1 Å². The minimum atomic E-state index is -1.72. The van der Waals surface area contributed by atoms with E-state index in [1.165, 1.54) is 6.08 Å². The lowest BCUT2D eigenvalue weighted by Crippen LogP contribution is -2.69. The molecule has 2 unspecified atom stereocenters. The fourth-order valence-corrected chi connectivity index (χ4v) is 14.8. The lowest BCUT2D eigenvalue weighted by molar-refractivity contribution is -0.203. The highest BCUT2D eigenvalue weighted by Crippen LogP contribution is 2.72. The second-order valence-electron chi connectivity index (χ2n) is 27.1. The normalized spacial score (nSPS) is 22.4. The van der Waals surface area contributed by atoms with Gasteiger partial charge in [0.25, 0.3) is 0 Å². The van der Waals surface area contributed by atoms with Crippen LogP contribution in [0, 0.1) is 28.6 Å². The van der Waals surface area contributed by atoms with E-state index in [1.807, 2.05) is 20.8 Å². The maximum Gasteiger partial charge on any atom is 0.306 e. The molecule has 0 aromatic heterocycles. The minimum absolute atomic E-state index is 0.00525. The average Bonchev–Trinajstić information content (AvgIpc) is 1.57. The number of esters is 1. The Hall–Kier alpha value is -5.99. The van der Waals surface area contributed by atoms with Crippen molar-refractivity contribution in [2.24, 2.45) is 28.6 Å². The van der Waals surface area contributed by atoms with Crippen LogP contribution in [0.15, 0.2) is 54.1 Å². The Labute approximate surface area is 652 Å². The number of amides is 7. The van der Waals surface area contributed by atoms with Gasteiger partial charge in [0.1, 0.15) is 25.4 Å². The maximum absolute atomic E-state index is 14.7. The van der Waals surface area contributed by atoms with E-state index in [-0.39, 0.29) is 74.2 Å². The molecule has 3 fully saturated rings. The first-order chi connectivity index (χ1) is 52.6. The van der Waals surface area contributed by atoms with E-state index >= 15 is 0 Å². The van der Waals surface area contributed by atoms with Crippen molar-refractivity contribution in [1.29, 1.82) is 0 Å². The summed E-state index contributed by atoms with van der Waals surface area (Å²) < 4.78 is 77.1. The SMILES string of the molecule is CCC(=O)O[C@]1(C(=O)COCNC(=O)CNC(=O)C(Cc2ccccc2)NC(=O)CNC(=O)CNC(=O)[C@H](CCCCNC(=O)CCOCCOCCOCCOCCOCCOCCOCCOCCOCCOCCOCCOC)NC(=O)CBr)[C@@H](C)CC2[C@@H]3CCC4=CC(=O)C=C[C@]4(C)[C@@]3(Cl)[C@@H](O)C[C@@]21C. The van der Waals surface area contributed by atoms with Crippen molar-refractivity contribution < 1.29 is 119 Å². The third-order valence-corrected chi connectivity index (χ3v) is 21.1. The number of rotatable bonds is 61. The second kappa shape index (κ2) is 52.3. The van der Waals surface area contributed by atoms with Crippen molar-refractivity contribution in [2.45, 2.75) is 121 Å². The predicted octanol–water partition coefficient (Wildman–Crippen LogP) is 1.69. The van der Waals surface area contributed by atoms with Crippen LogP contribution in [0.2, 0.25) is 0 Å². The number of methoxy groups -OCH3 is 1. The van der Waals surface area contributed by atoms with E-state index in [0.29, 0.717) is 183 Å². The number of ether oxygens (including phenoxy) is 14. The molecule has 10 atom stereocenters. The van der Waals surface area contributed by atoms with Gasteiger partial charge in [0, 0.05) is 49.7 Å². The second-order valence-corrected chi connectivity index (χ2v) is 28.3. The molecule has 0 saturated heterocycles. The third kappa shape index (κ3) is 31.5. The van der Waals surface area contributed by atoms with E-state index in [1.54, 1.807) is 56.5 Å². The molecule has 616 valence electrons. The highest BCUT2D eigenvalue weighted by Gasteiger charge is 2.76. The lowest BCUT2D eigenvalue weighted by Gasteiger charge is -2.64. The van der Waals surface area contributed by atoms with Gasteiger partial charge in [-0.25, -0.2) is 0 Å². The van der Waals surface area contributed by atoms with Gasteiger partial charge in [-0.1, -0.05) is 85.6 Å². The van der Waals surface area contributed by atoms with Gasteiger partial charge < -0.3 is 109 Å². The Morgan fingerprint density at radius 3 is 1.59 bits per heavy atom. The van der Waals surface area contributed by atoms with E-state index in [2.05, 4.69) is 53.1 Å². The number of fused-ring (bicyclic) bond motifs is 5. The van der Waals surface area contributed by atoms with Gasteiger partial charge in [-0.2, -0.15) is 0 Å². The molecule has 32 nitrogen and oxygen atoms in total. The molecule has 1 aromatic carbocycles. The van der Waals surface area contributed by atoms with Crippen LogP contribution in [0.25, 0.3) is 0 Å². The number of alkyl halides is 2. The molecule has 4 aliphatic rings. The number of ketones is 2. The standard InChI is InChI=1S/C75H117BrClN7O25/c1-6-69(93)109-75(54(2)44-59-58-16-15-56-46-57(85)17-19-72(56,3)74(58,77)62(86)47-73(59,75)4)63(87)52-108-53-82-67(91)50-81-71(95)61(45-55-12-8-7-9-13-55)84-68(92)51-79-66(90)49-80-70(94)60(83-65(89)48-76)14-10-11-20-78-64(88)18-21-97-24-25-99-28-29-101-32-33-103-36-37-105-40-41-107-43-42-106-39-38-104-35-34-102-31-30-100-27-26-98-23-22-96-5/h7-9,12-13,17,19,46,54,58-62,86H,6,10-11,14-16,18,20-45,47-53H2,1-5H3,(H,78,88)(H,79,90)(H,80,94)(H,81,95)(H,82,91)(H,83,89)(H,84,92)/t54-,58-,59?,60-,61?,62-,72-,73-,74-,75-/m0/s1. The molecule has 0 spiro atoms. The summed E-state index contributed by atoms with van der Waals surface area (Å²) in [5, 5.41) is 30.0. The van der Waals surface area contributed by atoms with Gasteiger partial charge in [-0.15, -0.1) is 11.6 Å². The summed E-state index contributed by atoms with van der Waals surface area (Å²) in [5.74, 6) is -6.76. The van der Waals surface area contributed by atoms with Crippen molar-refractivity contribution in [2.75, 3.05) is 204 Å². The Balaban J connectivity index is 0.871. The summed E-state index contributed by atoms with van der Waals surface area (Å²) in [6.07, 6.45) is 6.41. The number of Topliss-reactive ketones (excluding diaryl/α,β-unsaturated/α-hetero) is 1. The van der Waals surface area contributed by atoms with Crippen molar-refractivity contribution >= 4 is 86.4 Å². The number of carbonyl (C=O) groups is 10. The Morgan fingerprint density at radius 1 is 0.587 bits per heavy atom. The number of nitrogens with one attached hydrogen (secondary N) is 7. The van der Waals surface area contributed by atoms with Crippen LogP contribution < -0.4 is 37.2 Å². The fraction of sp³-hybridized carbons (Fsp3) is 0.733. The first kappa shape index (κ1) is 93.6. The van der Waals surface area contributed by atoms with Crippen LogP contribution in [-0.4, -0.2) is 297 Å². The zero-order valence-electron chi connectivity index (χ0n) is 63.9. The number of benzene rings is 1. The number of aliphatic hydroxyl groups is 1. The zero-order valence-corrected chi connectivity index (χ0v) is 66.2. The molecule has 1 aromatic rings. The summed E-state index contributed by atoms with van der Waals surface area (Å²) in [5.41, 5.74) is -2.15. The van der Waals surface area contributed by atoms with Crippen LogP contribution in [0.4, 0.5) is 0 Å². The minimum Gasteiger partial charge on any atom is -0.450 e. The molecule has 109 heavy (non-hydrogen) atoms. The molecule has 0 bridgehead atoms. The lowest BCUT2D eigenvalue weighted by atomic mass is 9.45. The van der Waals surface area contributed by atoms with Gasteiger partial charge >= 0.3 is 5.97 Å². The fourth-order valence-electron chi connectivity index (χ4n) is 14.1. The number of aliphatic hydroxyl groups excluding tert-OH is 1. The van der Waals surface area contributed by atoms with E-state index in [0.717, 1.165) is 5.57 Å². The van der Waals surface area contributed by atoms with Crippen LogP contribution in [0.1, 0.15) is 91.0 Å². The number of hydrogen-bond acceptors (Lipinski definition) is 25. The number of hydrogen-bond donors (Lipinski definition) is 8. The van der Waals surface area contributed by atoms with E-state index < -0.39 is 126 Å². The van der Waals surface area contributed by atoms with Crippen molar-refractivity contribution in [3.63, 3.8) is 0 Å². The summed E-state index contributed by atoms with van der Waals surface area (Å²) in [6, 6.07) is 6.47. The molecule has 0 radical (unpaired) electrons. The maximum atomic E-state index is 14.7. The monoisotopic (exact) mass is 1630 g/mol. The smallest absolute Gasteiger partial charge is 0.306 e. The van der Waals surface area contributed by atoms with E-state index in [9.17, 15) is 53.1 Å². The summed E-state index contributed by atoms with van der Waals surface area (Å²) in [4.78, 5) is 130. The van der Waals surface area contributed by atoms with Gasteiger partial charge in [0.15, 0.2) is 11.4 Å². The molecular weight excluding hydrogens is 1510 g/mol. The largest absolute Gasteiger partial charge is 0.450 e. The topological polar surface area (TPSA) is 404 Å². The zero-order chi connectivity index (χ0) is 79.2. The Kier molecular flexibility index (Phi) is 45.0. The highest BCUT2D eigenvalue weighted by atomic mass is 79.9. The molecular formula is C75H117BrClN7O25. The van der Waals surface area contributed by atoms with Gasteiger partial charge in [-0.3, -0.25) is 47.9 Å². The van der Waals surface area contributed by atoms with Crippen LogP contribution in [0.3, 0.4) is 0 Å². The van der Waals surface area contributed by atoms with Crippen molar-refractivity contribution in [1.82, 2.24) is 37.2 Å². The Bertz CT molecular complexity index is 3020. The number of unbranched alkanes of at least 4 members (excludes halogenated alkanes) is 1. The van der Waals surface area contributed by atoms with Crippen LogP contribution in [-0.2, 0) is 121 Å². The van der Waals surface area contributed by atoms with Crippen LogP contribution in [0.5, 0.6) is 0 Å². The molecule has 0 aliphatic heterocycles. The molecule has 7 amide bonds. The van der Waals surface area contributed by atoms with Crippen molar-refractivity contribution in [3.05, 3.63) is 59.7 Å². The van der Waals surface area contributed by atoms with E-state index in [4.69, 9.17) is 77.9 Å². The molecule has 34 heteroatoms. The number of allylic oxidation sites excluding steroid dienone is 4. The molecule has 5 rings (SSSR count). The van der Waals surface area contributed by atoms with Gasteiger partial charge in [-0.05, 0) is 74.5 Å². The van der Waals surface area contributed by atoms with Crippen LogP contribution >= 0.6 is 27.5 Å². The molecule has 4 aliphatic carbocycles. The molecule has 8 N–H and O–H groups in total. The highest BCUT2D eigenvalue weighted by molar-refractivity contribution is 9.09. The van der Waals surface area contributed by atoms with Gasteiger partial charge in [0.05, 0.1) is 188 Å². The quantitative estimate of drug-likeness (QED) is 0.0199. The molecule has 0 heterocycles. The average molecular weight is 1630 g/mol. The molecule has 3 saturated carbocycles. The first-order valence-corrected chi connectivity index (χ1v) is 39.1. The number of carbonyl (C=O) groups excluding carboxylic acids is 10. The predicted molar refractivity (Wildman–Crippen MR) is 400 cm³/mol. The summed E-state index contributed by atoms with van der Waals surface area (Å²) in [7, 11) is 1.63.